The molecule has 1 nitrogen and oxygen atoms in total. The molecule has 2 unspecified atom stereocenters. The molecule has 0 N–H and O–H groups in total. The van der Waals surface area contributed by atoms with Gasteiger partial charge in [0, 0.05) is 0 Å². The van der Waals surface area contributed by atoms with Crippen LogP contribution in [0.15, 0.2) is 18.2 Å². The number of carbonyl (C=O) groups is 1. The van der Waals surface area contributed by atoms with Crippen LogP contribution in [0.4, 0.5) is 26.3 Å². The van der Waals surface area contributed by atoms with E-state index < -0.39 is 35.0 Å². The summed E-state index contributed by atoms with van der Waals surface area (Å²) in [6.07, 6.45) is -8.23. The topological polar surface area (TPSA) is 17.1 Å². The molecule has 0 aromatic heterocycles. The third kappa shape index (κ3) is 9.15. The summed E-state index contributed by atoms with van der Waals surface area (Å²) in [6.45, 7) is 11.9. The first kappa shape index (κ1) is 26.5. The summed E-state index contributed by atoms with van der Waals surface area (Å²) in [6, 6.07) is 1.38. The van der Waals surface area contributed by atoms with Crippen molar-refractivity contribution in [3.05, 3.63) is 34.9 Å². The van der Waals surface area contributed by atoms with E-state index in [1.807, 2.05) is 0 Å². The molecule has 0 spiro atoms. The van der Waals surface area contributed by atoms with E-state index in [1.165, 1.54) is 13.3 Å². The number of rotatable bonds is 6. The van der Waals surface area contributed by atoms with Crippen molar-refractivity contribution in [3.8, 4) is 0 Å². The molecular formula is C20H28BF6O. The zero-order chi connectivity index (χ0) is 22.3. The first-order valence-electron chi connectivity index (χ1n) is 9.28. The summed E-state index contributed by atoms with van der Waals surface area (Å²) >= 11 is 0. The van der Waals surface area contributed by atoms with Gasteiger partial charge in [0.25, 0.3) is 0 Å². The Morgan fingerprint density at radius 1 is 0.893 bits per heavy atom. The minimum absolute atomic E-state index is 0.0734. The van der Waals surface area contributed by atoms with E-state index in [2.05, 4.69) is 27.7 Å². The van der Waals surface area contributed by atoms with Gasteiger partial charge in [-0.3, -0.25) is 0 Å². The fourth-order valence-corrected chi connectivity index (χ4v) is 2.40. The van der Waals surface area contributed by atoms with Crippen LogP contribution in [0.25, 0.3) is 0 Å². The third-order valence-corrected chi connectivity index (χ3v) is 4.70. The molecule has 0 aliphatic heterocycles. The number of alkyl halides is 6. The molecule has 1 rings (SSSR count). The number of hydrogen-bond acceptors (Lipinski definition) is 1. The van der Waals surface area contributed by atoms with Crippen LogP contribution in [0.3, 0.4) is 0 Å². The maximum absolute atomic E-state index is 12.7. The highest BCUT2D eigenvalue weighted by atomic mass is 19.4. The average Bonchev–Trinajstić information content (AvgIpc) is 2.57. The maximum atomic E-state index is 12.7. The fraction of sp³-hybridized carbons (Fsp3) is 0.650. The van der Waals surface area contributed by atoms with E-state index in [-0.39, 0.29) is 18.1 Å². The van der Waals surface area contributed by atoms with Gasteiger partial charge in [-0.15, -0.1) is 0 Å². The van der Waals surface area contributed by atoms with Crippen molar-refractivity contribution in [2.45, 2.75) is 72.6 Å². The van der Waals surface area contributed by atoms with Gasteiger partial charge < -0.3 is 4.79 Å². The van der Waals surface area contributed by atoms with Crippen molar-refractivity contribution in [2.24, 2.45) is 11.8 Å². The molecule has 0 heterocycles. The fourth-order valence-electron chi connectivity index (χ4n) is 2.40. The number of carbonyl (C=O) groups excluding carboxylic acids is 1. The molecule has 0 amide bonds. The Bertz CT molecular complexity index is 590. The maximum Gasteiger partial charge on any atom is 0.416 e. The van der Waals surface area contributed by atoms with Crippen molar-refractivity contribution in [2.75, 3.05) is 0 Å². The van der Waals surface area contributed by atoms with Crippen molar-refractivity contribution < 1.29 is 31.1 Å². The van der Waals surface area contributed by atoms with E-state index in [0.717, 1.165) is 19.1 Å². The van der Waals surface area contributed by atoms with E-state index >= 15 is 0 Å². The van der Waals surface area contributed by atoms with Crippen LogP contribution in [0.5, 0.6) is 0 Å². The van der Waals surface area contributed by atoms with E-state index in [1.54, 1.807) is 6.92 Å². The molecule has 1 aromatic rings. The monoisotopic (exact) mass is 409 g/mol. The quantitative estimate of drug-likeness (QED) is 0.361. The molecule has 0 saturated carbocycles. The molecule has 159 valence electrons. The van der Waals surface area contributed by atoms with Crippen LogP contribution < -0.4 is 0 Å². The Hall–Kier alpha value is -1.47. The SMILES string of the molecule is CCC(C)C(C)C.CCC([B]C(C)=O)c1cc(C(F)(F)F)cc(C(F)(F)F)c1. The van der Waals surface area contributed by atoms with Crippen LogP contribution in [-0.2, 0) is 17.1 Å². The van der Waals surface area contributed by atoms with Gasteiger partial charge >= 0.3 is 12.4 Å². The van der Waals surface area contributed by atoms with Crippen molar-refractivity contribution in [1.82, 2.24) is 0 Å². The molecule has 0 fully saturated rings. The zero-order valence-corrected chi connectivity index (χ0v) is 17.1. The first-order valence-corrected chi connectivity index (χ1v) is 9.28. The Kier molecular flexibility index (Phi) is 10.3. The Morgan fingerprint density at radius 3 is 1.54 bits per heavy atom. The smallest absolute Gasteiger partial charge is 0.312 e. The Balaban J connectivity index is 0.000000887. The number of hydrogen-bond donors (Lipinski definition) is 0. The van der Waals surface area contributed by atoms with Gasteiger partial charge in [-0.05, 0) is 42.8 Å². The summed E-state index contributed by atoms with van der Waals surface area (Å²) in [5.41, 5.74) is -3.33. The van der Waals surface area contributed by atoms with Crippen LogP contribution in [0.2, 0.25) is 0 Å². The Labute approximate surface area is 164 Å². The molecule has 1 radical (unpaired) electrons. The lowest BCUT2D eigenvalue weighted by Gasteiger charge is -2.18. The highest BCUT2D eigenvalue weighted by Gasteiger charge is 2.37. The first-order chi connectivity index (χ1) is 12.6. The largest absolute Gasteiger partial charge is 0.416 e. The van der Waals surface area contributed by atoms with Crippen molar-refractivity contribution in [1.29, 1.82) is 0 Å². The van der Waals surface area contributed by atoms with Gasteiger partial charge in [0.05, 0.1) is 16.8 Å². The van der Waals surface area contributed by atoms with Crippen molar-refractivity contribution in [3.63, 3.8) is 0 Å². The Morgan fingerprint density at radius 2 is 1.32 bits per heavy atom. The normalized spacial score (nSPS) is 14.2. The molecule has 2 atom stereocenters. The van der Waals surface area contributed by atoms with Gasteiger partial charge in [0.1, 0.15) is 0 Å². The lowest BCUT2D eigenvalue weighted by atomic mass is 9.57. The zero-order valence-electron chi connectivity index (χ0n) is 17.1. The lowest BCUT2D eigenvalue weighted by molar-refractivity contribution is -0.143. The van der Waals surface area contributed by atoms with Gasteiger partial charge in [-0.25, -0.2) is 0 Å². The second kappa shape index (κ2) is 10.9. The minimum atomic E-state index is -4.88. The van der Waals surface area contributed by atoms with Crippen LogP contribution in [0, 0.1) is 11.8 Å². The predicted octanol–water partition coefficient (Wildman–Crippen LogP) is 7.11. The average molecular weight is 409 g/mol. The summed E-state index contributed by atoms with van der Waals surface area (Å²) in [4.78, 5) is 11.1. The van der Waals surface area contributed by atoms with Gasteiger partial charge in [-0.1, -0.05) is 53.0 Å². The molecule has 0 saturated heterocycles. The molecule has 1 aromatic carbocycles. The summed E-state index contributed by atoms with van der Waals surface area (Å²) in [5, 5.41) is 0. The highest BCUT2D eigenvalue weighted by molar-refractivity contribution is 6.74. The molecule has 28 heavy (non-hydrogen) atoms. The number of benzene rings is 1. The van der Waals surface area contributed by atoms with E-state index in [4.69, 9.17) is 0 Å². The van der Waals surface area contributed by atoms with Gasteiger partial charge in [0.2, 0.25) is 7.28 Å². The van der Waals surface area contributed by atoms with Gasteiger partial charge in [0.15, 0.2) is 0 Å². The molecule has 0 aliphatic rings. The molecule has 8 heteroatoms. The van der Waals surface area contributed by atoms with Crippen LogP contribution in [0.1, 0.15) is 76.9 Å². The lowest BCUT2D eigenvalue weighted by Crippen LogP contribution is -2.18. The standard InChI is InChI=1S/C13H12BF6O.C7H16/c1-3-11(14-7(2)21)8-4-9(12(15,16)17)6-10(5-8)13(18,19)20;1-5-7(4)6(2)3/h4-6,11H,3H2,1-2H3;6-7H,5H2,1-4H3. The second-order valence-corrected chi connectivity index (χ2v) is 7.26. The summed E-state index contributed by atoms with van der Waals surface area (Å²) < 4.78 is 76.3. The summed E-state index contributed by atoms with van der Waals surface area (Å²) in [7, 11) is 1.12. The highest BCUT2D eigenvalue weighted by Crippen LogP contribution is 2.38. The molecule has 0 aliphatic carbocycles. The summed E-state index contributed by atoms with van der Waals surface area (Å²) in [5.74, 6) is 0.982. The van der Waals surface area contributed by atoms with E-state index in [9.17, 15) is 31.1 Å². The van der Waals surface area contributed by atoms with E-state index in [0.29, 0.717) is 12.1 Å². The molecule has 0 bridgehead atoms. The van der Waals surface area contributed by atoms with Crippen LogP contribution >= 0.6 is 0 Å². The van der Waals surface area contributed by atoms with Crippen molar-refractivity contribution >= 4 is 13.0 Å². The van der Waals surface area contributed by atoms with Gasteiger partial charge in [-0.2, -0.15) is 26.3 Å². The third-order valence-electron chi connectivity index (χ3n) is 4.70. The van der Waals surface area contributed by atoms with Crippen LogP contribution in [-0.4, -0.2) is 13.0 Å². The second-order valence-electron chi connectivity index (χ2n) is 7.26. The predicted molar refractivity (Wildman–Crippen MR) is 100 cm³/mol. The minimum Gasteiger partial charge on any atom is -0.312 e. The molecular weight excluding hydrogens is 381 g/mol. The number of halogens is 6.